The Balaban J connectivity index is 2.50. The number of halogens is 2. The first-order valence-electron chi connectivity index (χ1n) is 7.17. The molecule has 0 aliphatic rings. The summed E-state index contributed by atoms with van der Waals surface area (Å²) in [6.45, 7) is 5.62. The van der Waals surface area contributed by atoms with Crippen LogP contribution in [-0.4, -0.2) is 20.2 Å². The molecule has 1 aromatic rings. The molecule has 6 heteroatoms. The van der Waals surface area contributed by atoms with Gasteiger partial charge in [-0.2, -0.15) is 0 Å². The molecule has 1 N–H and O–H groups in total. The van der Waals surface area contributed by atoms with Crippen molar-refractivity contribution in [3.63, 3.8) is 0 Å². The summed E-state index contributed by atoms with van der Waals surface area (Å²) in [5.41, 5.74) is 0.655. The number of nitrogens with one attached hydrogen (secondary N) is 1. The average Bonchev–Trinajstić information content (AvgIpc) is 2.39. The van der Waals surface area contributed by atoms with E-state index in [0.29, 0.717) is 18.4 Å². The molecule has 0 bridgehead atoms. The monoisotopic (exact) mass is 319 g/mol. The number of benzene rings is 1. The van der Waals surface area contributed by atoms with Crippen LogP contribution in [0.2, 0.25) is 0 Å². The Morgan fingerprint density at radius 1 is 1.19 bits per heavy atom. The average molecular weight is 319 g/mol. The van der Waals surface area contributed by atoms with Crippen molar-refractivity contribution in [3.05, 3.63) is 35.4 Å². The Hall–Kier alpha value is -1.01. The molecule has 120 valence electrons. The van der Waals surface area contributed by atoms with E-state index < -0.39 is 21.7 Å². The van der Waals surface area contributed by atoms with Crippen LogP contribution in [-0.2, 0) is 16.4 Å². The number of rotatable bonds is 8. The molecule has 0 aliphatic carbocycles. The van der Waals surface area contributed by atoms with Crippen molar-refractivity contribution in [2.75, 3.05) is 5.75 Å². The first-order chi connectivity index (χ1) is 9.73. The Labute approximate surface area is 125 Å². The van der Waals surface area contributed by atoms with E-state index in [4.69, 9.17) is 0 Å². The number of hydrogen-bond donors (Lipinski definition) is 1. The lowest BCUT2D eigenvalue weighted by Gasteiger charge is -2.16. The van der Waals surface area contributed by atoms with Crippen LogP contribution in [0.5, 0.6) is 0 Å². The smallest absolute Gasteiger partial charge is 0.212 e. The summed E-state index contributed by atoms with van der Waals surface area (Å²) in [5, 5.41) is 0. The minimum atomic E-state index is -3.30. The second kappa shape index (κ2) is 7.84. The lowest BCUT2D eigenvalue weighted by atomic mass is 10.1. The van der Waals surface area contributed by atoms with Gasteiger partial charge in [0.25, 0.3) is 0 Å². The van der Waals surface area contributed by atoms with E-state index in [2.05, 4.69) is 4.72 Å². The molecule has 0 saturated heterocycles. The lowest BCUT2D eigenvalue weighted by molar-refractivity contribution is 0.505. The second-order valence-electron chi connectivity index (χ2n) is 5.60. The molecule has 0 aromatic heterocycles. The van der Waals surface area contributed by atoms with Crippen LogP contribution in [0, 0.1) is 17.6 Å². The van der Waals surface area contributed by atoms with Crippen LogP contribution < -0.4 is 4.72 Å². The highest BCUT2D eigenvalue weighted by molar-refractivity contribution is 7.89. The van der Waals surface area contributed by atoms with Gasteiger partial charge < -0.3 is 0 Å². The lowest BCUT2D eigenvalue weighted by Crippen LogP contribution is -2.36. The van der Waals surface area contributed by atoms with Crippen molar-refractivity contribution in [1.29, 1.82) is 0 Å². The largest absolute Gasteiger partial charge is 0.212 e. The van der Waals surface area contributed by atoms with Gasteiger partial charge in [0, 0.05) is 6.04 Å². The molecule has 0 fully saturated rings. The summed E-state index contributed by atoms with van der Waals surface area (Å²) < 4.78 is 52.3. The molecule has 0 aliphatic heterocycles. The van der Waals surface area contributed by atoms with Crippen molar-refractivity contribution in [3.8, 4) is 0 Å². The van der Waals surface area contributed by atoms with Gasteiger partial charge in [0.2, 0.25) is 10.0 Å². The van der Waals surface area contributed by atoms with Crippen molar-refractivity contribution in [2.24, 2.45) is 5.92 Å². The maximum Gasteiger partial charge on any atom is 0.212 e. The summed E-state index contributed by atoms with van der Waals surface area (Å²) in [6, 6.07) is 3.50. The first-order valence-corrected chi connectivity index (χ1v) is 8.82. The third-order valence-corrected chi connectivity index (χ3v) is 5.20. The topological polar surface area (TPSA) is 46.2 Å². The maximum atomic E-state index is 13.1. The molecule has 3 nitrogen and oxygen atoms in total. The summed E-state index contributed by atoms with van der Waals surface area (Å²) in [7, 11) is -3.30. The van der Waals surface area contributed by atoms with Crippen LogP contribution in [0.25, 0.3) is 0 Å². The highest BCUT2D eigenvalue weighted by atomic mass is 32.2. The Kier molecular flexibility index (Phi) is 6.74. The van der Waals surface area contributed by atoms with E-state index in [1.54, 1.807) is 6.92 Å². The number of sulfonamides is 1. The Bertz CT molecular complexity index is 561. The van der Waals surface area contributed by atoms with E-state index in [1.165, 1.54) is 6.07 Å². The summed E-state index contributed by atoms with van der Waals surface area (Å²) in [4.78, 5) is 0. The van der Waals surface area contributed by atoms with Crippen LogP contribution >= 0.6 is 0 Å². The third kappa shape index (κ3) is 6.52. The first kappa shape index (κ1) is 18.0. The zero-order chi connectivity index (χ0) is 16.0. The Morgan fingerprint density at radius 2 is 1.86 bits per heavy atom. The van der Waals surface area contributed by atoms with Gasteiger partial charge in [-0.1, -0.05) is 26.3 Å². The predicted octanol–water partition coefficient (Wildman–Crippen LogP) is 3.25. The highest BCUT2D eigenvalue weighted by Gasteiger charge is 2.17. The highest BCUT2D eigenvalue weighted by Crippen LogP contribution is 2.12. The molecule has 1 aromatic carbocycles. The van der Waals surface area contributed by atoms with Gasteiger partial charge in [-0.3, -0.25) is 0 Å². The molecular weight excluding hydrogens is 296 g/mol. The van der Waals surface area contributed by atoms with Crippen molar-refractivity contribution in [1.82, 2.24) is 4.72 Å². The third-order valence-electron chi connectivity index (χ3n) is 3.43. The molecule has 1 rings (SSSR count). The van der Waals surface area contributed by atoms with E-state index in [9.17, 15) is 17.2 Å². The second-order valence-corrected chi connectivity index (χ2v) is 7.40. The maximum absolute atomic E-state index is 13.1. The number of aryl methyl sites for hydroxylation is 1. The van der Waals surface area contributed by atoms with Crippen LogP contribution in [0.4, 0.5) is 8.78 Å². The van der Waals surface area contributed by atoms with Gasteiger partial charge in [0.05, 0.1) is 5.75 Å². The fourth-order valence-electron chi connectivity index (χ4n) is 1.98. The molecule has 0 amide bonds. The molecule has 0 spiro atoms. The molecule has 0 saturated carbocycles. The van der Waals surface area contributed by atoms with Gasteiger partial charge in [-0.05, 0) is 43.4 Å². The quantitative estimate of drug-likeness (QED) is 0.799. The predicted molar refractivity (Wildman–Crippen MR) is 80.5 cm³/mol. The molecule has 21 heavy (non-hydrogen) atoms. The van der Waals surface area contributed by atoms with E-state index >= 15 is 0 Å². The van der Waals surface area contributed by atoms with Gasteiger partial charge >= 0.3 is 0 Å². The fraction of sp³-hybridized carbons (Fsp3) is 0.600. The molecule has 2 atom stereocenters. The van der Waals surface area contributed by atoms with Gasteiger partial charge in [0.1, 0.15) is 0 Å². The van der Waals surface area contributed by atoms with Gasteiger partial charge in [0.15, 0.2) is 11.6 Å². The molecule has 0 radical (unpaired) electrons. The molecule has 0 heterocycles. The van der Waals surface area contributed by atoms with Crippen molar-refractivity contribution >= 4 is 10.0 Å². The van der Waals surface area contributed by atoms with Crippen molar-refractivity contribution < 1.29 is 17.2 Å². The van der Waals surface area contributed by atoms with Crippen LogP contribution in [0.1, 0.15) is 39.2 Å². The summed E-state index contributed by atoms with van der Waals surface area (Å²) >= 11 is 0. The summed E-state index contributed by atoms with van der Waals surface area (Å²) in [5.74, 6) is -1.53. The zero-order valence-electron chi connectivity index (χ0n) is 12.7. The van der Waals surface area contributed by atoms with E-state index in [1.807, 2.05) is 13.8 Å². The minimum absolute atomic E-state index is 0.110. The Morgan fingerprint density at radius 3 is 2.43 bits per heavy atom. The molecular formula is C15H23F2NO2S. The van der Waals surface area contributed by atoms with Crippen LogP contribution in [0.15, 0.2) is 18.2 Å². The SMILES string of the molecule is CCC(C)CS(=O)(=O)NC(C)CCc1ccc(F)c(F)c1. The molecule has 2 unspecified atom stereocenters. The van der Waals surface area contributed by atoms with E-state index in [0.717, 1.165) is 18.6 Å². The van der Waals surface area contributed by atoms with E-state index in [-0.39, 0.29) is 17.7 Å². The van der Waals surface area contributed by atoms with Gasteiger partial charge in [-0.15, -0.1) is 0 Å². The standard InChI is InChI=1S/C15H23F2NO2S/c1-4-11(2)10-21(19,20)18-12(3)5-6-13-7-8-14(16)15(17)9-13/h7-9,11-12,18H,4-6,10H2,1-3H3. The van der Waals surface area contributed by atoms with Gasteiger partial charge in [-0.25, -0.2) is 21.9 Å². The zero-order valence-corrected chi connectivity index (χ0v) is 13.5. The van der Waals surface area contributed by atoms with Crippen LogP contribution in [0.3, 0.4) is 0 Å². The normalized spacial score (nSPS) is 14.9. The van der Waals surface area contributed by atoms with Crippen molar-refractivity contribution in [2.45, 2.75) is 46.1 Å². The number of hydrogen-bond acceptors (Lipinski definition) is 2. The fourth-order valence-corrected chi connectivity index (χ4v) is 3.80. The summed E-state index contributed by atoms with van der Waals surface area (Å²) in [6.07, 6.45) is 1.83. The minimum Gasteiger partial charge on any atom is -0.212 e.